The summed E-state index contributed by atoms with van der Waals surface area (Å²) in [6.45, 7) is 1.24. The quantitative estimate of drug-likeness (QED) is 0.753. The highest BCUT2D eigenvalue weighted by Crippen LogP contribution is 2.32. The van der Waals surface area contributed by atoms with Crippen molar-refractivity contribution < 1.29 is 19.0 Å². The lowest BCUT2D eigenvalue weighted by molar-refractivity contribution is 0.0690. The smallest absolute Gasteiger partial charge is 0.354 e. The molecule has 0 amide bonds. The Morgan fingerprint density at radius 2 is 2.04 bits per heavy atom. The lowest BCUT2D eigenvalue weighted by atomic mass is 9.96. The summed E-state index contributed by atoms with van der Waals surface area (Å²) < 4.78 is 20.9. The second-order valence-electron chi connectivity index (χ2n) is 6.15. The number of carbonyl (C=O) groups is 1. The van der Waals surface area contributed by atoms with Crippen LogP contribution < -0.4 is 0 Å². The molecule has 1 fully saturated rings. The van der Waals surface area contributed by atoms with Crippen LogP contribution in [-0.2, 0) is 4.74 Å². The fourth-order valence-electron chi connectivity index (χ4n) is 3.20. The van der Waals surface area contributed by atoms with Crippen molar-refractivity contribution in [3.63, 3.8) is 0 Å². The van der Waals surface area contributed by atoms with Crippen LogP contribution in [0.2, 0.25) is 5.02 Å². The summed E-state index contributed by atoms with van der Waals surface area (Å²) >= 11 is 5.77. The maximum Gasteiger partial charge on any atom is 0.354 e. The Kier molecular flexibility index (Phi) is 4.34. The molecule has 0 bridgehead atoms. The number of aromatic carboxylic acids is 1. The van der Waals surface area contributed by atoms with Crippen molar-refractivity contribution in [2.75, 3.05) is 13.2 Å². The van der Waals surface area contributed by atoms with E-state index in [2.05, 4.69) is 10.1 Å². The zero-order chi connectivity index (χ0) is 18.3. The van der Waals surface area contributed by atoms with E-state index in [1.165, 1.54) is 18.2 Å². The van der Waals surface area contributed by atoms with Gasteiger partial charge >= 0.3 is 5.97 Å². The average molecular weight is 376 g/mol. The summed E-state index contributed by atoms with van der Waals surface area (Å²) in [6, 6.07) is 7.49. The van der Waals surface area contributed by atoms with Crippen molar-refractivity contribution in [2.45, 2.75) is 18.8 Å². The molecule has 0 unspecified atom stereocenters. The highest BCUT2D eigenvalue weighted by molar-refractivity contribution is 6.30. The molecule has 6 nitrogen and oxygen atoms in total. The fourth-order valence-corrected chi connectivity index (χ4v) is 3.32. The predicted molar refractivity (Wildman–Crippen MR) is 93.6 cm³/mol. The average Bonchev–Trinajstić information content (AvgIpc) is 3.03. The van der Waals surface area contributed by atoms with Gasteiger partial charge in [0.1, 0.15) is 17.0 Å². The Morgan fingerprint density at radius 3 is 2.73 bits per heavy atom. The predicted octanol–water partition coefficient (Wildman–Crippen LogP) is 3.81. The van der Waals surface area contributed by atoms with E-state index >= 15 is 0 Å². The minimum absolute atomic E-state index is 0.0288. The number of halogens is 2. The number of hydrogen-bond acceptors (Lipinski definition) is 4. The summed E-state index contributed by atoms with van der Waals surface area (Å²) in [7, 11) is 0. The van der Waals surface area contributed by atoms with Crippen molar-refractivity contribution in [3.05, 3.63) is 52.6 Å². The van der Waals surface area contributed by atoms with E-state index in [0.29, 0.717) is 35.6 Å². The van der Waals surface area contributed by atoms with E-state index in [9.17, 15) is 14.3 Å². The van der Waals surface area contributed by atoms with E-state index in [1.807, 2.05) is 0 Å². The summed E-state index contributed by atoms with van der Waals surface area (Å²) in [5.74, 6) is -1.54. The minimum atomic E-state index is -1.10. The molecule has 1 aliphatic heterocycles. The molecule has 1 N–H and O–H groups in total. The number of ether oxygens (including phenoxy) is 1. The van der Waals surface area contributed by atoms with E-state index in [1.54, 1.807) is 16.8 Å². The van der Waals surface area contributed by atoms with Crippen LogP contribution >= 0.6 is 11.6 Å². The van der Waals surface area contributed by atoms with Crippen LogP contribution in [0.25, 0.3) is 16.7 Å². The molecular formula is C18H15ClFN3O3. The maximum atomic E-state index is 13.9. The number of fused-ring (bicyclic) bond motifs is 1. The summed E-state index contributed by atoms with van der Waals surface area (Å²) in [6.07, 6.45) is 1.56. The van der Waals surface area contributed by atoms with E-state index < -0.39 is 11.8 Å². The van der Waals surface area contributed by atoms with Crippen LogP contribution in [0.4, 0.5) is 4.39 Å². The van der Waals surface area contributed by atoms with Crippen LogP contribution in [0.3, 0.4) is 0 Å². The molecule has 0 atom stereocenters. The molecule has 0 aliphatic carbocycles. The third kappa shape index (κ3) is 2.93. The molecule has 1 aliphatic rings. The van der Waals surface area contributed by atoms with Gasteiger partial charge in [-0.25, -0.2) is 18.9 Å². The number of aromatic nitrogens is 3. The summed E-state index contributed by atoms with van der Waals surface area (Å²) in [4.78, 5) is 15.6. The first-order valence-electron chi connectivity index (χ1n) is 8.20. The number of benzene rings is 1. The van der Waals surface area contributed by atoms with Gasteiger partial charge in [-0.2, -0.15) is 5.10 Å². The standard InChI is InChI=1S/C18H15ClFN3O3/c19-12-2-1-11(9-13(12)20)23-15-4-3-14(18(24)25)21-17(15)16(22-23)10-5-7-26-8-6-10/h1-4,9-10H,5-8H2,(H,24,25). The van der Waals surface area contributed by atoms with Gasteiger partial charge in [-0.05, 0) is 37.1 Å². The molecule has 3 heterocycles. The zero-order valence-electron chi connectivity index (χ0n) is 13.7. The molecular weight excluding hydrogens is 361 g/mol. The molecule has 0 saturated carbocycles. The van der Waals surface area contributed by atoms with Gasteiger partial charge in [0, 0.05) is 25.2 Å². The molecule has 134 valence electrons. The SMILES string of the molecule is O=C(O)c1ccc2c(n1)c(C1CCOCC1)nn2-c1ccc(Cl)c(F)c1. The summed E-state index contributed by atoms with van der Waals surface area (Å²) in [5.41, 5.74) is 2.31. The Bertz CT molecular complexity index is 999. The van der Waals surface area contributed by atoms with Crippen molar-refractivity contribution in [1.82, 2.24) is 14.8 Å². The lowest BCUT2D eigenvalue weighted by Crippen LogP contribution is -2.15. The number of rotatable bonds is 3. The van der Waals surface area contributed by atoms with Gasteiger partial charge < -0.3 is 9.84 Å². The van der Waals surface area contributed by atoms with Crippen molar-refractivity contribution in [2.24, 2.45) is 0 Å². The van der Waals surface area contributed by atoms with Gasteiger partial charge in [-0.15, -0.1) is 0 Å². The minimum Gasteiger partial charge on any atom is -0.477 e. The monoisotopic (exact) mass is 375 g/mol. The van der Waals surface area contributed by atoms with Gasteiger partial charge in [0.15, 0.2) is 0 Å². The molecule has 1 saturated heterocycles. The molecule has 0 spiro atoms. The third-order valence-corrected chi connectivity index (χ3v) is 4.83. The number of hydrogen-bond donors (Lipinski definition) is 1. The number of carboxylic acids is 1. The molecule has 0 radical (unpaired) electrons. The lowest BCUT2D eigenvalue weighted by Gasteiger charge is -2.20. The molecule has 8 heteroatoms. The molecule has 2 aromatic heterocycles. The summed E-state index contributed by atoms with van der Waals surface area (Å²) in [5, 5.41) is 13.9. The highest BCUT2D eigenvalue weighted by atomic mass is 35.5. The Labute approximate surface area is 153 Å². The van der Waals surface area contributed by atoms with E-state index in [0.717, 1.165) is 12.8 Å². The van der Waals surface area contributed by atoms with Crippen molar-refractivity contribution in [3.8, 4) is 5.69 Å². The van der Waals surface area contributed by atoms with Crippen LogP contribution in [0, 0.1) is 5.82 Å². The number of pyridine rings is 1. The van der Waals surface area contributed by atoms with Gasteiger partial charge in [0.25, 0.3) is 0 Å². The van der Waals surface area contributed by atoms with Crippen LogP contribution in [0.1, 0.15) is 34.9 Å². The van der Waals surface area contributed by atoms with Gasteiger partial charge in [0.2, 0.25) is 0 Å². The van der Waals surface area contributed by atoms with E-state index in [4.69, 9.17) is 16.3 Å². The first kappa shape index (κ1) is 16.9. The third-order valence-electron chi connectivity index (χ3n) is 4.53. The second-order valence-corrected chi connectivity index (χ2v) is 6.56. The normalized spacial score (nSPS) is 15.5. The van der Waals surface area contributed by atoms with Gasteiger partial charge in [-0.3, -0.25) is 0 Å². The van der Waals surface area contributed by atoms with Crippen LogP contribution in [-0.4, -0.2) is 39.1 Å². The fraction of sp³-hybridized carbons (Fsp3) is 0.278. The van der Waals surface area contributed by atoms with Crippen LogP contribution in [0.15, 0.2) is 30.3 Å². The largest absolute Gasteiger partial charge is 0.477 e. The van der Waals surface area contributed by atoms with Crippen molar-refractivity contribution in [1.29, 1.82) is 0 Å². The van der Waals surface area contributed by atoms with E-state index in [-0.39, 0.29) is 16.6 Å². The molecule has 26 heavy (non-hydrogen) atoms. The Morgan fingerprint density at radius 1 is 1.27 bits per heavy atom. The second kappa shape index (κ2) is 6.66. The topological polar surface area (TPSA) is 77.2 Å². The number of carboxylic acid groups (broad SMARTS) is 1. The molecule has 4 rings (SSSR count). The molecule has 3 aromatic rings. The van der Waals surface area contributed by atoms with Gasteiger partial charge in [-0.1, -0.05) is 11.6 Å². The Balaban J connectivity index is 1.92. The maximum absolute atomic E-state index is 13.9. The first-order valence-corrected chi connectivity index (χ1v) is 8.58. The van der Waals surface area contributed by atoms with Gasteiger partial charge in [0.05, 0.1) is 21.9 Å². The Hall–Kier alpha value is -2.51. The highest BCUT2D eigenvalue weighted by Gasteiger charge is 2.25. The number of nitrogens with zero attached hydrogens (tertiary/aromatic N) is 3. The van der Waals surface area contributed by atoms with Crippen LogP contribution in [0.5, 0.6) is 0 Å². The van der Waals surface area contributed by atoms with Crippen molar-refractivity contribution >= 4 is 28.6 Å². The molecule has 1 aromatic carbocycles. The zero-order valence-corrected chi connectivity index (χ0v) is 14.4. The first-order chi connectivity index (χ1) is 12.5.